The molecule has 0 amide bonds. The van der Waals surface area contributed by atoms with Gasteiger partial charge in [-0.3, -0.25) is 0 Å². The van der Waals surface area contributed by atoms with Crippen molar-refractivity contribution in [3.63, 3.8) is 0 Å². The van der Waals surface area contributed by atoms with E-state index in [0.29, 0.717) is 12.8 Å². The van der Waals surface area contributed by atoms with Crippen LogP contribution in [0.5, 0.6) is 0 Å². The molecule has 5 nitrogen and oxygen atoms in total. The van der Waals surface area contributed by atoms with Crippen LogP contribution in [0.4, 0.5) is 0 Å². The van der Waals surface area contributed by atoms with Crippen LogP contribution >= 0.6 is 0 Å². The second-order valence-corrected chi connectivity index (χ2v) is 11.0. The molecule has 0 spiro atoms. The predicted molar refractivity (Wildman–Crippen MR) is 108 cm³/mol. The van der Waals surface area contributed by atoms with Gasteiger partial charge in [-0.25, -0.2) is 4.79 Å². The van der Waals surface area contributed by atoms with Crippen LogP contribution in [-0.2, 0) is 0 Å². The Morgan fingerprint density at radius 2 is 1.66 bits per heavy atom. The van der Waals surface area contributed by atoms with Crippen molar-refractivity contribution in [1.29, 1.82) is 0 Å². The summed E-state index contributed by atoms with van der Waals surface area (Å²) < 4.78 is 5.15. The Balaban J connectivity index is 1.50. The van der Waals surface area contributed by atoms with Crippen LogP contribution < -0.4 is 5.63 Å². The second-order valence-electron chi connectivity index (χ2n) is 11.0. The molecule has 29 heavy (non-hydrogen) atoms. The molecule has 0 radical (unpaired) electrons. The predicted octanol–water partition coefficient (Wildman–Crippen LogP) is 3.36. The molecule has 160 valence electrons. The maximum Gasteiger partial charge on any atom is 0.335 e. The number of rotatable bonds is 1. The molecule has 5 rings (SSSR count). The Kier molecular flexibility index (Phi) is 4.21. The lowest BCUT2D eigenvalue weighted by Crippen LogP contribution is -2.67. The highest BCUT2D eigenvalue weighted by Crippen LogP contribution is 2.71. The average Bonchev–Trinajstić information content (AvgIpc) is 2.95. The van der Waals surface area contributed by atoms with Gasteiger partial charge in [0.1, 0.15) is 0 Å². The largest absolute Gasteiger partial charge is 0.431 e. The lowest BCUT2D eigenvalue weighted by molar-refractivity contribution is -0.253. The number of aliphatic hydroxyl groups is 3. The quantitative estimate of drug-likeness (QED) is 0.670. The zero-order chi connectivity index (χ0) is 20.7. The maximum atomic E-state index is 12.2. The van der Waals surface area contributed by atoms with Crippen molar-refractivity contribution in [2.45, 2.75) is 94.9 Å². The summed E-state index contributed by atoms with van der Waals surface area (Å²) >= 11 is 0. The third kappa shape index (κ3) is 2.47. The fourth-order valence-corrected chi connectivity index (χ4v) is 8.30. The molecule has 4 saturated carbocycles. The third-order valence-corrected chi connectivity index (χ3v) is 10.1. The smallest absolute Gasteiger partial charge is 0.335 e. The van der Waals surface area contributed by atoms with E-state index in [1.807, 2.05) is 6.07 Å². The molecular formula is C24H34O5. The average molecular weight is 403 g/mol. The highest BCUT2D eigenvalue weighted by molar-refractivity contribution is 5.27. The second kappa shape index (κ2) is 6.18. The highest BCUT2D eigenvalue weighted by Gasteiger charge is 2.69. The summed E-state index contributed by atoms with van der Waals surface area (Å²) in [5.74, 6) is 0.626. The topological polar surface area (TPSA) is 90.9 Å². The summed E-state index contributed by atoms with van der Waals surface area (Å²) in [5, 5.41) is 33.9. The molecule has 1 aromatic heterocycles. The normalized spacial score (nSPS) is 51.8. The number of fused-ring (bicyclic) bond motifs is 5. The van der Waals surface area contributed by atoms with Crippen molar-refractivity contribution in [3.05, 3.63) is 34.4 Å². The lowest BCUT2D eigenvalue weighted by atomic mass is 9.42. The zero-order valence-electron chi connectivity index (χ0n) is 17.6. The molecule has 0 bridgehead atoms. The molecule has 4 aliphatic rings. The minimum absolute atomic E-state index is 0.169. The van der Waals surface area contributed by atoms with Gasteiger partial charge in [-0.15, -0.1) is 0 Å². The Bertz CT molecular complexity index is 845. The van der Waals surface area contributed by atoms with Crippen LogP contribution in [0.1, 0.15) is 83.1 Å². The van der Waals surface area contributed by atoms with Gasteiger partial charge >= 0.3 is 5.63 Å². The molecule has 1 heterocycles. The van der Waals surface area contributed by atoms with Crippen molar-refractivity contribution in [2.24, 2.45) is 22.7 Å². The van der Waals surface area contributed by atoms with Crippen molar-refractivity contribution < 1.29 is 19.7 Å². The van der Waals surface area contributed by atoms with E-state index < -0.39 is 17.3 Å². The zero-order valence-corrected chi connectivity index (χ0v) is 17.6. The van der Waals surface area contributed by atoms with Gasteiger partial charge in [0.2, 0.25) is 0 Å². The van der Waals surface area contributed by atoms with Gasteiger partial charge in [0.15, 0.2) is 0 Å². The molecular weight excluding hydrogens is 368 g/mol. The molecule has 0 aromatic carbocycles. The highest BCUT2D eigenvalue weighted by atomic mass is 16.4. The monoisotopic (exact) mass is 402 g/mol. The van der Waals surface area contributed by atoms with E-state index in [0.717, 1.165) is 50.5 Å². The first-order valence-electron chi connectivity index (χ1n) is 11.3. The number of aliphatic hydroxyl groups excluding tert-OH is 1. The van der Waals surface area contributed by atoms with Gasteiger partial charge in [0.25, 0.3) is 0 Å². The first-order valence-corrected chi connectivity index (χ1v) is 11.3. The number of hydrogen-bond acceptors (Lipinski definition) is 5. The fraction of sp³-hybridized carbons (Fsp3) is 0.792. The van der Waals surface area contributed by atoms with Crippen LogP contribution in [-0.4, -0.2) is 32.6 Å². The lowest BCUT2D eigenvalue weighted by Gasteiger charge is -2.66. The Labute approximate surface area is 172 Å². The van der Waals surface area contributed by atoms with E-state index in [-0.39, 0.29) is 34.2 Å². The van der Waals surface area contributed by atoms with Crippen LogP contribution in [0.2, 0.25) is 0 Å². The molecule has 1 aromatic rings. The molecule has 3 N–H and O–H groups in total. The minimum Gasteiger partial charge on any atom is -0.431 e. The fourth-order valence-electron chi connectivity index (χ4n) is 8.30. The van der Waals surface area contributed by atoms with Gasteiger partial charge in [0.05, 0.1) is 23.6 Å². The molecule has 0 saturated heterocycles. The van der Waals surface area contributed by atoms with Crippen LogP contribution in [0.25, 0.3) is 0 Å². The summed E-state index contributed by atoms with van der Waals surface area (Å²) in [7, 11) is 0. The van der Waals surface area contributed by atoms with Crippen molar-refractivity contribution >= 4 is 0 Å². The third-order valence-electron chi connectivity index (χ3n) is 10.1. The SMILES string of the molecule is C[C@@]12CC[C@H](O)C[C@]1(O)CC[C@@H]1[C@H]2CC[C@]2(C)[C@@H](c3ccc(=O)oc3)CC[C@]12O. The van der Waals surface area contributed by atoms with E-state index in [1.54, 1.807) is 6.26 Å². The van der Waals surface area contributed by atoms with Crippen LogP contribution in [0, 0.1) is 22.7 Å². The Morgan fingerprint density at radius 3 is 2.38 bits per heavy atom. The van der Waals surface area contributed by atoms with E-state index in [9.17, 15) is 20.1 Å². The van der Waals surface area contributed by atoms with Gasteiger partial charge < -0.3 is 19.7 Å². The molecule has 0 aliphatic heterocycles. The van der Waals surface area contributed by atoms with E-state index in [4.69, 9.17) is 4.42 Å². The van der Waals surface area contributed by atoms with Gasteiger partial charge in [-0.2, -0.15) is 0 Å². The summed E-state index contributed by atoms with van der Waals surface area (Å²) in [6.45, 7) is 4.43. The van der Waals surface area contributed by atoms with E-state index >= 15 is 0 Å². The van der Waals surface area contributed by atoms with Crippen molar-refractivity contribution in [2.75, 3.05) is 0 Å². The minimum atomic E-state index is -0.823. The van der Waals surface area contributed by atoms with Crippen molar-refractivity contribution in [1.82, 2.24) is 0 Å². The van der Waals surface area contributed by atoms with Gasteiger partial charge in [0, 0.05) is 17.9 Å². The standard InChI is InChI=1S/C24H34O5/c1-21-9-5-16(25)13-23(21,27)11-7-19-18(21)6-10-22(2)17(8-12-24(19,22)28)15-3-4-20(26)29-14-15/h3-4,14,16-19,25,27-28H,5-13H2,1-2H3/t16-,17+,18+,19+,21-,22+,23+,24-/m0/s1. The Hall–Kier alpha value is -1.17. The van der Waals surface area contributed by atoms with E-state index in [2.05, 4.69) is 13.8 Å². The first kappa shape index (κ1) is 19.8. The maximum absolute atomic E-state index is 12.2. The number of hydrogen-bond donors (Lipinski definition) is 3. The molecule has 4 fully saturated rings. The molecule has 5 heteroatoms. The summed E-state index contributed by atoms with van der Waals surface area (Å²) in [5.41, 5.74) is -1.41. The van der Waals surface area contributed by atoms with Crippen LogP contribution in [0.15, 0.2) is 27.6 Å². The summed E-state index contributed by atoms with van der Waals surface area (Å²) in [4.78, 5) is 11.4. The molecule has 0 unspecified atom stereocenters. The molecule has 8 atom stereocenters. The van der Waals surface area contributed by atoms with Crippen molar-refractivity contribution in [3.8, 4) is 0 Å². The van der Waals surface area contributed by atoms with Gasteiger partial charge in [-0.1, -0.05) is 13.8 Å². The van der Waals surface area contributed by atoms with Crippen LogP contribution in [0.3, 0.4) is 0 Å². The summed E-state index contributed by atoms with van der Waals surface area (Å²) in [6, 6.07) is 3.35. The molecule has 4 aliphatic carbocycles. The summed E-state index contributed by atoms with van der Waals surface area (Å²) in [6.07, 6.45) is 8.22. The van der Waals surface area contributed by atoms with Gasteiger partial charge in [-0.05, 0) is 86.2 Å². The Morgan fingerprint density at radius 1 is 0.931 bits per heavy atom. The first-order chi connectivity index (χ1) is 13.6. The van der Waals surface area contributed by atoms with E-state index in [1.165, 1.54) is 6.07 Å².